The lowest BCUT2D eigenvalue weighted by molar-refractivity contribution is -0.238. The summed E-state index contributed by atoms with van der Waals surface area (Å²) >= 11 is 0. The van der Waals surface area contributed by atoms with Crippen LogP contribution in [0.4, 0.5) is 0 Å². The fourth-order valence-electron chi connectivity index (χ4n) is 2.25. The van der Waals surface area contributed by atoms with Gasteiger partial charge in [-0.2, -0.15) is 0 Å². The van der Waals surface area contributed by atoms with Gasteiger partial charge in [0.25, 0.3) is 6.29 Å². The number of hydrogen-bond acceptors (Lipinski definition) is 15. The minimum absolute atomic E-state index is 0.834. The average molecular weight is 468 g/mol. The van der Waals surface area contributed by atoms with Gasteiger partial charge in [-0.1, -0.05) is 0 Å². The molecule has 7 atom stereocenters. The van der Waals surface area contributed by atoms with Gasteiger partial charge in [0, 0.05) is 0 Å². The minimum Gasteiger partial charge on any atom is -0.460 e. The molecule has 0 bridgehead atoms. The van der Waals surface area contributed by atoms with Gasteiger partial charge in [0.1, 0.15) is 24.9 Å². The van der Waals surface area contributed by atoms with Crippen molar-refractivity contribution in [3.63, 3.8) is 0 Å². The maximum absolute atomic E-state index is 12.4. The van der Waals surface area contributed by atoms with E-state index in [2.05, 4.69) is 4.74 Å². The Balaban J connectivity index is 3.33. The predicted octanol–water partition coefficient (Wildman–Crippen LogP) is -4.36. The van der Waals surface area contributed by atoms with Crippen molar-refractivity contribution < 1.29 is 73.2 Å². The highest BCUT2D eigenvalue weighted by molar-refractivity contribution is 5.83. The van der Waals surface area contributed by atoms with Crippen molar-refractivity contribution >= 4 is 29.8 Å². The first kappa shape index (κ1) is 27.2. The van der Waals surface area contributed by atoms with E-state index in [1.807, 2.05) is 0 Å². The van der Waals surface area contributed by atoms with Gasteiger partial charge in [0.2, 0.25) is 6.10 Å². The summed E-state index contributed by atoms with van der Waals surface area (Å²) in [6, 6.07) is 0. The molecular weight excluding hydrogens is 444 g/mol. The van der Waals surface area contributed by atoms with Crippen LogP contribution < -0.4 is 0 Å². The normalized spacial score (nSPS) is 25.7. The third kappa shape index (κ3) is 7.38. The standard InChI is InChI=1S/C17H24O15/c1-5(18)13(23)28-4-8-9(30-14(24)6(2)19)10(31-15(25)7(3)20)11(16(26)29-8)32-17(27)12(21)22/h5-12,18-22H,4H2,1-3H3. The molecule has 0 aromatic rings. The highest BCUT2D eigenvalue weighted by atomic mass is 16.7. The third-order valence-corrected chi connectivity index (χ3v) is 3.86. The molecule has 0 spiro atoms. The Kier molecular flexibility index (Phi) is 9.92. The molecule has 1 aliphatic heterocycles. The molecule has 15 nitrogen and oxygen atoms in total. The van der Waals surface area contributed by atoms with E-state index >= 15 is 0 Å². The van der Waals surface area contributed by atoms with Crippen molar-refractivity contribution in [3.8, 4) is 0 Å². The molecule has 15 heteroatoms. The number of hydrogen-bond donors (Lipinski definition) is 5. The maximum Gasteiger partial charge on any atom is 0.364 e. The molecule has 5 N–H and O–H groups in total. The van der Waals surface area contributed by atoms with Gasteiger partial charge in [0.05, 0.1) is 0 Å². The number of cyclic esters (lactones) is 1. The summed E-state index contributed by atoms with van der Waals surface area (Å²) in [5, 5.41) is 45.9. The molecule has 182 valence electrons. The van der Waals surface area contributed by atoms with Gasteiger partial charge < -0.3 is 49.2 Å². The monoisotopic (exact) mass is 468 g/mol. The fourth-order valence-corrected chi connectivity index (χ4v) is 2.25. The van der Waals surface area contributed by atoms with Crippen molar-refractivity contribution in [2.45, 2.75) is 69.8 Å². The number of carbonyl (C=O) groups is 5. The van der Waals surface area contributed by atoms with E-state index in [4.69, 9.17) is 29.2 Å². The van der Waals surface area contributed by atoms with Gasteiger partial charge in [-0.05, 0) is 20.8 Å². The van der Waals surface area contributed by atoms with Gasteiger partial charge in [-0.15, -0.1) is 0 Å². The number of aliphatic hydroxyl groups is 5. The number of esters is 5. The predicted molar refractivity (Wildman–Crippen MR) is 93.7 cm³/mol. The summed E-state index contributed by atoms with van der Waals surface area (Å²) in [5.41, 5.74) is 0. The molecule has 1 fully saturated rings. The zero-order valence-electron chi connectivity index (χ0n) is 17.1. The van der Waals surface area contributed by atoms with Crippen LogP contribution in [-0.4, -0.2) is 111 Å². The van der Waals surface area contributed by atoms with Crippen molar-refractivity contribution in [1.29, 1.82) is 0 Å². The van der Waals surface area contributed by atoms with E-state index < -0.39 is 85.5 Å². The number of ether oxygens (including phenoxy) is 5. The van der Waals surface area contributed by atoms with E-state index in [1.165, 1.54) is 0 Å². The van der Waals surface area contributed by atoms with Gasteiger partial charge in [0.15, 0.2) is 18.3 Å². The van der Waals surface area contributed by atoms with Crippen LogP contribution in [0.3, 0.4) is 0 Å². The zero-order valence-corrected chi connectivity index (χ0v) is 17.1. The van der Waals surface area contributed by atoms with E-state index in [-0.39, 0.29) is 0 Å². The number of rotatable bonds is 9. The van der Waals surface area contributed by atoms with Crippen LogP contribution in [0.15, 0.2) is 0 Å². The van der Waals surface area contributed by atoms with E-state index in [0.29, 0.717) is 0 Å². The molecule has 1 saturated heterocycles. The Morgan fingerprint density at radius 3 is 1.69 bits per heavy atom. The lowest BCUT2D eigenvalue weighted by Crippen LogP contribution is -2.62. The molecule has 1 heterocycles. The second-order valence-corrected chi connectivity index (χ2v) is 6.67. The molecule has 0 aromatic carbocycles. The van der Waals surface area contributed by atoms with Crippen molar-refractivity contribution in [1.82, 2.24) is 0 Å². The minimum atomic E-state index is -2.70. The molecule has 1 rings (SSSR count). The Morgan fingerprint density at radius 2 is 1.25 bits per heavy atom. The molecule has 7 unspecified atom stereocenters. The first-order valence-electron chi connectivity index (χ1n) is 9.15. The van der Waals surface area contributed by atoms with Crippen LogP contribution in [0, 0.1) is 0 Å². The summed E-state index contributed by atoms with van der Waals surface area (Å²) in [7, 11) is 0. The molecule has 32 heavy (non-hydrogen) atoms. The fraction of sp³-hybridized carbons (Fsp3) is 0.706. The van der Waals surface area contributed by atoms with Gasteiger partial charge in [-0.25, -0.2) is 24.0 Å². The first-order valence-corrected chi connectivity index (χ1v) is 9.15. The quantitative estimate of drug-likeness (QED) is 0.122. The van der Waals surface area contributed by atoms with Crippen LogP contribution in [0.5, 0.6) is 0 Å². The Hall–Kier alpha value is -2.85. The van der Waals surface area contributed by atoms with Crippen molar-refractivity contribution in [2.75, 3.05) is 6.61 Å². The van der Waals surface area contributed by atoms with Gasteiger partial charge >= 0.3 is 29.8 Å². The van der Waals surface area contributed by atoms with Crippen molar-refractivity contribution in [2.24, 2.45) is 0 Å². The Morgan fingerprint density at radius 1 is 0.781 bits per heavy atom. The van der Waals surface area contributed by atoms with E-state index in [9.17, 15) is 39.3 Å². The zero-order chi connectivity index (χ0) is 24.7. The van der Waals surface area contributed by atoms with Crippen LogP contribution in [0.2, 0.25) is 0 Å². The molecular formula is C17H24O15. The average Bonchev–Trinajstić information content (AvgIpc) is 2.69. The second kappa shape index (κ2) is 11.7. The molecule has 0 aromatic heterocycles. The summed E-state index contributed by atoms with van der Waals surface area (Å²) in [5.74, 6) is -7.02. The van der Waals surface area contributed by atoms with Gasteiger partial charge in [-0.3, -0.25) is 0 Å². The van der Waals surface area contributed by atoms with Crippen LogP contribution in [0.1, 0.15) is 20.8 Å². The first-order chi connectivity index (χ1) is 14.8. The van der Waals surface area contributed by atoms with E-state index in [0.717, 1.165) is 20.8 Å². The maximum atomic E-state index is 12.4. The highest BCUT2D eigenvalue weighted by Gasteiger charge is 2.54. The topological polar surface area (TPSA) is 233 Å². The number of carbonyl (C=O) groups excluding carboxylic acids is 5. The molecule has 0 radical (unpaired) electrons. The summed E-state index contributed by atoms with van der Waals surface area (Å²) in [6.07, 6.45) is -15.5. The van der Waals surface area contributed by atoms with Crippen molar-refractivity contribution in [3.05, 3.63) is 0 Å². The summed E-state index contributed by atoms with van der Waals surface area (Å²) < 4.78 is 24.1. The lowest BCUT2D eigenvalue weighted by atomic mass is 9.98. The SMILES string of the molecule is CC(O)C(=O)OCC1OC(=O)C(OC(=O)C(O)O)C(OC(=O)C(C)O)C1OC(=O)C(C)O. The van der Waals surface area contributed by atoms with Crippen LogP contribution in [-0.2, 0) is 47.7 Å². The highest BCUT2D eigenvalue weighted by Crippen LogP contribution is 2.26. The summed E-state index contributed by atoms with van der Waals surface area (Å²) in [4.78, 5) is 59.4. The second-order valence-electron chi connectivity index (χ2n) is 6.67. The van der Waals surface area contributed by atoms with Crippen LogP contribution >= 0.6 is 0 Å². The third-order valence-electron chi connectivity index (χ3n) is 3.86. The number of aliphatic hydroxyl groups excluding tert-OH is 4. The largest absolute Gasteiger partial charge is 0.460 e. The Labute approximate surface area is 180 Å². The summed E-state index contributed by atoms with van der Waals surface area (Å²) in [6.45, 7) is 2.24. The van der Waals surface area contributed by atoms with Crippen LogP contribution in [0.25, 0.3) is 0 Å². The molecule has 1 aliphatic rings. The Bertz CT molecular complexity index is 713. The smallest absolute Gasteiger partial charge is 0.364 e. The molecule has 0 aliphatic carbocycles. The molecule has 0 saturated carbocycles. The lowest BCUT2D eigenvalue weighted by Gasteiger charge is -2.39. The molecule has 0 amide bonds. The van der Waals surface area contributed by atoms with E-state index in [1.54, 1.807) is 0 Å².